The highest BCUT2D eigenvalue weighted by Crippen LogP contribution is 2.30. The molecule has 0 fully saturated rings. The number of hydrogen-bond donors (Lipinski definition) is 4. The number of allylic oxidation sites excluding steroid dienone is 1. The smallest absolute Gasteiger partial charge is 0.279 e. The van der Waals surface area contributed by atoms with Crippen molar-refractivity contribution < 1.29 is 23.4 Å². The Balaban J connectivity index is 2.29. The minimum Gasteiger partial charge on any atom is -0.510 e. The maximum atomic E-state index is 12.4. The van der Waals surface area contributed by atoms with Crippen LogP contribution in [-0.4, -0.2) is 31.1 Å². The summed E-state index contributed by atoms with van der Waals surface area (Å²) in [6.45, 7) is 3.34. The minimum absolute atomic E-state index is 0.113. The molecule has 10 heteroatoms. The highest BCUT2D eigenvalue weighted by Gasteiger charge is 2.17. The van der Waals surface area contributed by atoms with Crippen molar-refractivity contribution >= 4 is 27.3 Å². The first-order valence-corrected chi connectivity index (χ1v) is 10.2. The van der Waals surface area contributed by atoms with Gasteiger partial charge in [-0.25, -0.2) is 13.1 Å². The quantitative estimate of drug-likeness (QED) is 0.294. The number of nitrogens with zero attached hydrogens (tertiary/aromatic N) is 2. The number of benzene rings is 2. The number of carbonyl (C=O) groups is 1. The fraction of sp³-hybridized carbons (Fsp3) is 0.211. The molecule has 2 aromatic carbocycles. The van der Waals surface area contributed by atoms with Gasteiger partial charge in [0.2, 0.25) is 10.0 Å². The average Bonchev–Trinajstić information content (AvgIpc) is 2.68. The van der Waals surface area contributed by atoms with E-state index in [-0.39, 0.29) is 28.6 Å². The van der Waals surface area contributed by atoms with Crippen molar-refractivity contribution in [1.29, 1.82) is 0 Å². The normalized spacial score (nSPS) is 12.6. The molecule has 0 aliphatic rings. The van der Waals surface area contributed by atoms with Gasteiger partial charge in [0.05, 0.1) is 4.90 Å². The number of sulfonamides is 1. The van der Waals surface area contributed by atoms with E-state index in [0.29, 0.717) is 12.1 Å². The summed E-state index contributed by atoms with van der Waals surface area (Å²) < 4.78 is 26.9. The lowest BCUT2D eigenvalue weighted by Gasteiger charge is -2.07. The third-order valence-corrected chi connectivity index (χ3v) is 5.11. The number of azo groups is 1. The number of rotatable bonds is 8. The van der Waals surface area contributed by atoms with Gasteiger partial charge >= 0.3 is 0 Å². The molecule has 154 valence electrons. The number of aliphatic hydroxyl groups excluding tert-OH is 1. The molecule has 2 rings (SSSR count). The average molecular weight is 418 g/mol. The molecule has 0 heterocycles. The summed E-state index contributed by atoms with van der Waals surface area (Å²) >= 11 is 0. The first-order valence-electron chi connectivity index (χ1n) is 8.75. The maximum absolute atomic E-state index is 12.4. The van der Waals surface area contributed by atoms with E-state index in [9.17, 15) is 23.4 Å². The van der Waals surface area contributed by atoms with E-state index in [2.05, 4.69) is 20.3 Å². The van der Waals surface area contributed by atoms with Gasteiger partial charge in [0.15, 0.2) is 5.70 Å². The van der Waals surface area contributed by atoms with Crippen molar-refractivity contribution in [3.63, 3.8) is 0 Å². The first-order chi connectivity index (χ1) is 13.7. The van der Waals surface area contributed by atoms with Crippen LogP contribution in [0.1, 0.15) is 20.3 Å². The molecule has 0 saturated carbocycles. The number of para-hydroxylation sites is 1. The van der Waals surface area contributed by atoms with Gasteiger partial charge in [0.1, 0.15) is 17.2 Å². The van der Waals surface area contributed by atoms with Gasteiger partial charge in [0.25, 0.3) is 5.91 Å². The SMILES string of the molecule is CCCNS(=O)(=O)c1ccc(O)c(N=N/C(C(=O)Nc2ccccc2)=C(\C)O)c1. The van der Waals surface area contributed by atoms with E-state index in [1.165, 1.54) is 13.0 Å². The molecule has 0 radical (unpaired) electrons. The summed E-state index contributed by atoms with van der Waals surface area (Å²) in [6, 6.07) is 12.0. The monoisotopic (exact) mass is 418 g/mol. The molecule has 0 atom stereocenters. The zero-order valence-electron chi connectivity index (χ0n) is 16.0. The highest BCUT2D eigenvalue weighted by atomic mass is 32.2. The fourth-order valence-electron chi connectivity index (χ4n) is 2.17. The third kappa shape index (κ3) is 6.13. The summed E-state index contributed by atoms with van der Waals surface area (Å²) in [5.74, 6) is -1.44. The van der Waals surface area contributed by atoms with Crippen LogP contribution in [0.15, 0.2) is 75.1 Å². The van der Waals surface area contributed by atoms with E-state index in [0.717, 1.165) is 12.1 Å². The van der Waals surface area contributed by atoms with E-state index in [1.54, 1.807) is 30.3 Å². The molecular weight excluding hydrogens is 396 g/mol. The molecule has 0 aromatic heterocycles. The van der Waals surface area contributed by atoms with Crippen molar-refractivity contribution in [2.24, 2.45) is 10.2 Å². The Morgan fingerprint density at radius 1 is 1.14 bits per heavy atom. The van der Waals surface area contributed by atoms with Crippen molar-refractivity contribution in [2.75, 3.05) is 11.9 Å². The summed E-state index contributed by atoms with van der Waals surface area (Å²) in [6.07, 6.45) is 0.615. The van der Waals surface area contributed by atoms with Gasteiger partial charge in [-0.2, -0.15) is 0 Å². The number of nitrogens with one attached hydrogen (secondary N) is 2. The zero-order chi connectivity index (χ0) is 21.4. The maximum Gasteiger partial charge on any atom is 0.279 e. The van der Waals surface area contributed by atoms with Crippen molar-refractivity contribution in [3.8, 4) is 5.75 Å². The van der Waals surface area contributed by atoms with Crippen molar-refractivity contribution in [2.45, 2.75) is 25.2 Å². The third-order valence-electron chi connectivity index (χ3n) is 3.65. The van der Waals surface area contributed by atoms with Crippen molar-refractivity contribution in [1.82, 2.24) is 4.72 Å². The van der Waals surface area contributed by atoms with Crippen LogP contribution in [-0.2, 0) is 14.8 Å². The van der Waals surface area contributed by atoms with Gasteiger partial charge < -0.3 is 15.5 Å². The van der Waals surface area contributed by atoms with Gasteiger partial charge in [-0.05, 0) is 43.7 Å². The lowest BCUT2D eigenvalue weighted by molar-refractivity contribution is -0.113. The number of amides is 1. The number of carbonyl (C=O) groups excluding carboxylic acids is 1. The molecule has 0 saturated heterocycles. The predicted octanol–water partition coefficient (Wildman–Crippen LogP) is 3.59. The minimum atomic E-state index is -3.78. The Morgan fingerprint density at radius 3 is 2.45 bits per heavy atom. The molecule has 1 amide bonds. The number of aromatic hydroxyl groups is 1. The summed E-state index contributed by atoms with van der Waals surface area (Å²) in [5.41, 5.74) is -0.0642. The Morgan fingerprint density at radius 2 is 1.83 bits per heavy atom. The molecule has 9 nitrogen and oxygen atoms in total. The summed E-state index contributed by atoms with van der Waals surface area (Å²) in [5, 5.41) is 29.7. The van der Waals surface area contributed by atoms with Gasteiger partial charge in [-0.1, -0.05) is 25.1 Å². The van der Waals surface area contributed by atoms with E-state index in [1.807, 2.05) is 6.92 Å². The van der Waals surface area contributed by atoms with Crippen LogP contribution in [0.2, 0.25) is 0 Å². The van der Waals surface area contributed by atoms with Gasteiger partial charge in [-0.3, -0.25) is 4.79 Å². The standard InChI is InChI=1S/C19H22N4O5S/c1-3-11-20-29(27,28)15-9-10-17(25)16(12-15)22-23-18(13(2)24)19(26)21-14-7-5-4-6-8-14/h4-10,12,20,24-25H,3,11H2,1-2H3,(H,21,26)/b18-13+,23-22?. The molecular formula is C19H22N4O5S. The number of phenolic OH excluding ortho intramolecular Hbond substituents is 1. The van der Waals surface area contributed by atoms with Crippen LogP contribution < -0.4 is 10.0 Å². The van der Waals surface area contributed by atoms with E-state index in [4.69, 9.17) is 0 Å². The Kier molecular flexibility index (Phi) is 7.46. The number of anilines is 1. The molecule has 29 heavy (non-hydrogen) atoms. The highest BCUT2D eigenvalue weighted by molar-refractivity contribution is 7.89. The Hall–Kier alpha value is -3.24. The van der Waals surface area contributed by atoms with Crippen molar-refractivity contribution in [3.05, 3.63) is 60.0 Å². The van der Waals surface area contributed by atoms with Crippen LogP contribution in [0.25, 0.3) is 0 Å². The predicted molar refractivity (Wildman–Crippen MR) is 109 cm³/mol. The van der Waals surface area contributed by atoms with E-state index >= 15 is 0 Å². The zero-order valence-corrected chi connectivity index (χ0v) is 16.8. The van der Waals surface area contributed by atoms with Crippen LogP contribution in [0.4, 0.5) is 11.4 Å². The second kappa shape index (κ2) is 9.80. The summed E-state index contributed by atoms with van der Waals surface area (Å²) in [4.78, 5) is 12.2. The van der Waals surface area contributed by atoms with Crippen LogP contribution >= 0.6 is 0 Å². The largest absolute Gasteiger partial charge is 0.510 e. The molecule has 4 N–H and O–H groups in total. The topological polar surface area (TPSA) is 140 Å². The molecule has 0 spiro atoms. The first kappa shape index (κ1) is 22.1. The lowest BCUT2D eigenvalue weighted by Crippen LogP contribution is -2.24. The summed E-state index contributed by atoms with van der Waals surface area (Å²) in [7, 11) is -3.78. The number of phenols is 1. The van der Waals surface area contributed by atoms with Crippen LogP contribution in [0, 0.1) is 0 Å². The van der Waals surface area contributed by atoms with Crippen LogP contribution in [0.5, 0.6) is 5.75 Å². The van der Waals surface area contributed by atoms with Gasteiger partial charge in [0, 0.05) is 12.2 Å². The molecule has 0 unspecified atom stereocenters. The fourth-order valence-corrected chi connectivity index (χ4v) is 3.32. The van der Waals surface area contributed by atoms with E-state index < -0.39 is 21.7 Å². The Bertz CT molecular complexity index is 1030. The molecule has 2 aromatic rings. The molecule has 0 bridgehead atoms. The number of aliphatic hydroxyl groups is 1. The molecule has 0 aliphatic carbocycles. The lowest BCUT2D eigenvalue weighted by atomic mass is 10.3. The second-order valence-corrected chi connectivity index (χ2v) is 7.77. The molecule has 0 aliphatic heterocycles. The van der Waals surface area contributed by atoms with Crippen LogP contribution in [0.3, 0.4) is 0 Å². The second-order valence-electron chi connectivity index (χ2n) is 6.00. The van der Waals surface area contributed by atoms with Gasteiger partial charge in [-0.15, -0.1) is 10.2 Å². The number of hydrogen-bond acceptors (Lipinski definition) is 7. The Labute approximate surface area is 168 Å².